The molecule has 0 saturated carbocycles. The molecule has 0 fully saturated rings. The van der Waals surface area contributed by atoms with Crippen LogP contribution >= 0.6 is 0 Å². The van der Waals surface area contributed by atoms with E-state index in [1.54, 1.807) is 13.8 Å². The molecule has 1 heterocycles. The Kier molecular flexibility index (Phi) is 6.01. The summed E-state index contributed by atoms with van der Waals surface area (Å²) in [7, 11) is 0. The Balaban J connectivity index is 1.43. The van der Waals surface area contributed by atoms with Crippen LogP contribution in [0.5, 0.6) is 11.5 Å². The molecule has 5 heteroatoms. The minimum Gasteiger partial charge on any atom is -0.486 e. The Morgan fingerprint density at radius 1 is 1.15 bits per heavy atom. The van der Waals surface area contributed by atoms with Crippen molar-refractivity contribution in [3.8, 4) is 11.5 Å². The van der Waals surface area contributed by atoms with Gasteiger partial charge in [-0.2, -0.15) is 0 Å². The molecule has 1 atom stereocenters. The number of nitrogens with one attached hydrogen (secondary N) is 1. The van der Waals surface area contributed by atoms with Gasteiger partial charge in [-0.3, -0.25) is 4.79 Å². The first-order valence-electron chi connectivity index (χ1n) is 9.39. The van der Waals surface area contributed by atoms with E-state index < -0.39 is 5.60 Å². The molecule has 1 aliphatic heterocycles. The Morgan fingerprint density at radius 3 is 2.56 bits per heavy atom. The van der Waals surface area contributed by atoms with Crippen molar-refractivity contribution in [1.29, 1.82) is 0 Å². The lowest BCUT2D eigenvalue weighted by Crippen LogP contribution is -2.34. The summed E-state index contributed by atoms with van der Waals surface area (Å²) in [6.45, 7) is 4.61. The number of hydrogen-bond donors (Lipinski definition) is 2. The molecule has 2 N–H and O–H groups in total. The Morgan fingerprint density at radius 2 is 1.85 bits per heavy atom. The lowest BCUT2D eigenvalue weighted by atomic mass is 9.98. The van der Waals surface area contributed by atoms with Gasteiger partial charge in [0.05, 0.1) is 5.60 Å². The zero-order valence-corrected chi connectivity index (χ0v) is 15.9. The second kappa shape index (κ2) is 8.44. The van der Waals surface area contributed by atoms with Gasteiger partial charge in [0.15, 0.2) is 11.5 Å². The van der Waals surface area contributed by atoms with Crippen LogP contribution in [0.25, 0.3) is 0 Å². The smallest absolute Gasteiger partial charge is 0.251 e. The van der Waals surface area contributed by atoms with E-state index in [9.17, 15) is 9.90 Å². The summed E-state index contributed by atoms with van der Waals surface area (Å²) in [6.07, 6.45) is 2.09. The van der Waals surface area contributed by atoms with Gasteiger partial charge in [-0.25, -0.2) is 0 Å². The van der Waals surface area contributed by atoms with Gasteiger partial charge in [-0.15, -0.1) is 0 Å². The molecular weight excluding hydrogens is 342 g/mol. The summed E-state index contributed by atoms with van der Waals surface area (Å²) in [5.74, 6) is 1.42. The number of benzene rings is 2. The molecule has 0 radical (unpaired) electrons. The number of fused-ring (bicyclic) bond motifs is 1. The molecule has 144 valence electrons. The molecule has 0 unspecified atom stereocenters. The zero-order chi connectivity index (χ0) is 19.3. The van der Waals surface area contributed by atoms with Crippen LogP contribution < -0.4 is 14.8 Å². The Labute approximate surface area is 160 Å². The van der Waals surface area contributed by atoms with Crippen molar-refractivity contribution in [3.63, 3.8) is 0 Å². The first-order chi connectivity index (χ1) is 12.9. The highest BCUT2D eigenvalue weighted by Crippen LogP contribution is 2.31. The lowest BCUT2D eigenvalue weighted by molar-refractivity contribution is 0.0713. The van der Waals surface area contributed by atoms with Crippen molar-refractivity contribution in [2.75, 3.05) is 13.2 Å². The number of hydrogen-bond acceptors (Lipinski definition) is 4. The number of amides is 1. The summed E-state index contributed by atoms with van der Waals surface area (Å²) >= 11 is 0. The predicted molar refractivity (Wildman–Crippen MR) is 104 cm³/mol. The standard InChI is InChI=1S/C22H27NO4/c1-22(2,25)13-11-16-7-9-17(10-8-16)21(24)23-14-12-18-15-26-19-5-3-4-6-20(19)27-18/h3-10,18,25H,11-15H2,1-2H3,(H,23,24)/t18-/m1/s1. The van der Waals surface area contributed by atoms with Crippen molar-refractivity contribution in [2.45, 2.75) is 44.8 Å². The van der Waals surface area contributed by atoms with Crippen LogP contribution in [0.1, 0.15) is 42.6 Å². The monoisotopic (exact) mass is 369 g/mol. The average molecular weight is 369 g/mol. The normalized spacial score (nSPS) is 16.0. The summed E-state index contributed by atoms with van der Waals surface area (Å²) in [4.78, 5) is 12.3. The van der Waals surface area contributed by atoms with E-state index in [0.717, 1.165) is 23.5 Å². The van der Waals surface area contributed by atoms with Crippen LogP contribution in [0.4, 0.5) is 0 Å². The minimum absolute atomic E-state index is 0.0654. The van der Waals surface area contributed by atoms with E-state index >= 15 is 0 Å². The Hall–Kier alpha value is -2.53. The van der Waals surface area contributed by atoms with Crippen LogP contribution in [-0.4, -0.2) is 35.9 Å². The second-order valence-corrected chi connectivity index (χ2v) is 7.55. The van der Waals surface area contributed by atoms with Gasteiger partial charge in [-0.1, -0.05) is 24.3 Å². The van der Waals surface area contributed by atoms with E-state index in [4.69, 9.17) is 9.47 Å². The third kappa shape index (κ3) is 5.73. The van der Waals surface area contributed by atoms with Crippen LogP contribution in [-0.2, 0) is 6.42 Å². The van der Waals surface area contributed by atoms with Crippen molar-refractivity contribution < 1.29 is 19.4 Å². The van der Waals surface area contributed by atoms with E-state index in [-0.39, 0.29) is 12.0 Å². The number of aryl methyl sites for hydroxylation is 1. The highest BCUT2D eigenvalue weighted by atomic mass is 16.6. The SMILES string of the molecule is CC(C)(O)CCc1ccc(C(=O)NCC[C@@H]2COc3ccccc3O2)cc1. The summed E-state index contributed by atoms with van der Waals surface area (Å²) in [5, 5.41) is 12.7. The number of carbonyl (C=O) groups excluding carboxylic acids is 1. The first kappa shape index (κ1) is 19.2. The van der Waals surface area contributed by atoms with Crippen LogP contribution in [0.3, 0.4) is 0 Å². The van der Waals surface area contributed by atoms with Crippen molar-refractivity contribution in [1.82, 2.24) is 5.32 Å². The fourth-order valence-corrected chi connectivity index (χ4v) is 2.93. The predicted octanol–water partition coefficient (Wildman–Crippen LogP) is 3.35. The summed E-state index contributed by atoms with van der Waals surface area (Å²) < 4.78 is 11.6. The maximum atomic E-state index is 12.3. The molecule has 0 spiro atoms. The van der Waals surface area contributed by atoms with E-state index in [2.05, 4.69) is 5.32 Å². The molecule has 0 saturated heterocycles. The zero-order valence-electron chi connectivity index (χ0n) is 15.9. The molecule has 0 bridgehead atoms. The molecule has 2 aromatic carbocycles. The molecule has 2 aromatic rings. The van der Waals surface area contributed by atoms with E-state index in [1.807, 2.05) is 48.5 Å². The van der Waals surface area contributed by atoms with Crippen molar-refractivity contribution in [2.24, 2.45) is 0 Å². The molecule has 3 rings (SSSR count). The fraction of sp³-hybridized carbons (Fsp3) is 0.409. The molecule has 5 nitrogen and oxygen atoms in total. The lowest BCUT2D eigenvalue weighted by Gasteiger charge is -2.26. The van der Waals surface area contributed by atoms with Crippen LogP contribution in [0.15, 0.2) is 48.5 Å². The third-order valence-corrected chi connectivity index (χ3v) is 4.56. The minimum atomic E-state index is -0.679. The van der Waals surface area contributed by atoms with Gasteiger partial charge >= 0.3 is 0 Å². The molecule has 27 heavy (non-hydrogen) atoms. The number of rotatable bonds is 7. The number of para-hydroxylation sites is 2. The number of ether oxygens (including phenoxy) is 2. The van der Waals surface area contributed by atoms with Gasteiger partial charge < -0.3 is 19.9 Å². The van der Waals surface area contributed by atoms with Gasteiger partial charge in [0, 0.05) is 18.5 Å². The molecule has 0 aliphatic carbocycles. The molecule has 0 aromatic heterocycles. The quantitative estimate of drug-likeness (QED) is 0.785. The summed E-state index contributed by atoms with van der Waals surface area (Å²) in [6, 6.07) is 15.1. The molecule has 1 aliphatic rings. The van der Waals surface area contributed by atoms with Gasteiger partial charge in [0.25, 0.3) is 5.91 Å². The third-order valence-electron chi connectivity index (χ3n) is 4.56. The van der Waals surface area contributed by atoms with E-state index in [1.165, 1.54) is 0 Å². The largest absolute Gasteiger partial charge is 0.486 e. The maximum absolute atomic E-state index is 12.3. The van der Waals surface area contributed by atoms with Crippen LogP contribution in [0.2, 0.25) is 0 Å². The maximum Gasteiger partial charge on any atom is 0.251 e. The number of carbonyl (C=O) groups is 1. The highest BCUT2D eigenvalue weighted by Gasteiger charge is 2.20. The van der Waals surface area contributed by atoms with Crippen molar-refractivity contribution >= 4 is 5.91 Å². The topological polar surface area (TPSA) is 67.8 Å². The number of aliphatic hydroxyl groups is 1. The van der Waals surface area contributed by atoms with Gasteiger partial charge in [0.1, 0.15) is 12.7 Å². The van der Waals surface area contributed by atoms with E-state index in [0.29, 0.717) is 31.6 Å². The average Bonchev–Trinajstić information content (AvgIpc) is 2.66. The van der Waals surface area contributed by atoms with Gasteiger partial charge in [0.2, 0.25) is 0 Å². The molecular formula is C22H27NO4. The Bertz CT molecular complexity index is 765. The van der Waals surface area contributed by atoms with Gasteiger partial charge in [-0.05, 0) is 56.5 Å². The van der Waals surface area contributed by atoms with Crippen LogP contribution in [0, 0.1) is 0 Å². The fourth-order valence-electron chi connectivity index (χ4n) is 2.93. The summed E-state index contributed by atoms with van der Waals surface area (Å²) in [5.41, 5.74) is 1.06. The second-order valence-electron chi connectivity index (χ2n) is 7.55. The molecule has 1 amide bonds. The van der Waals surface area contributed by atoms with Crippen molar-refractivity contribution in [3.05, 3.63) is 59.7 Å². The first-order valence-corrected chi connectivity index (χ1v) is 9.39. The highest BCUT2D eigenvalue weighted by molar-refractivity contribution is 5.94.